The topological polar surface area (TPSA) is 29.1 Å². The molecule has 0 aliphatic rings. The van der Waals surface area contributed by atoms with Crippen LogP contribution in [0.3, 0.4) is 0 Å². The highest BCUT2D eigenvalue weighted by atomic mass is 79.9. The lowest BCUT2D eigenvalue weighted by molar-refractivity contribution is -0.121. The minimum Gasteiger partial charge on any atom is -0.345 e. The highest BCUT2D eigenvalue weighted by Gasteiger charge is 2.18. The van der Waals surface area contributed by atoms with E-state index in [9.17, 15) is 4.79 Å². The summed E-state index contributed by atoms with van der Waals surface area (Å²) >= 11 is 3.61. The molecule has 25 heavy (non-hydrogen) atoms. The number of amides is 1. The molecule has 3 heteroatoms. The summed E-state index contributed by atoms with van der Waals surface area (Å²) in [5.74, 6) is 0.0495. The Bertz CT molecular complexity index is 818. The lowest BCUT2D eigenvalue weighted by Gasteiger charge is -2.21. The van der Waals surface area contributed by atoms with E-state index in [1.54, 1.807) is 0 Å². The first kappa shape index (κ1) is 17.4. The second kappa shape index (κ2) is 8.63. The van der Waals surface area contributed by atoms with Crippen LogP contribution in [-0.2, 0) is 11.2 Å². The number of hydrogen-bond acceptors (Lipinski definition) is 1. The molecular weight excluding hydrogens is 374 g/mol. The van der Waals surface area contributed by atoms with Crippen molar-refractivity contribution in [3.8, 4) is 0 Å². The number of nitrogens with one attached hydrogen (secondary N) is 1. The van der Waals surface area contributed by atoms with E-state index in [-0.39, 0.29) is 11.9 Å². The molecule has 126 valence electrons. The molecule has 0 unspecified atom stereocenters. The minimum atomic E-state index is -0.167. The molecule has 0 spiro atoms. The molecule has 2 nitrogen and oxygen atoms in total. The molecule has 0 aliphatic heterocycles. The third kappa shape index (κ3) is 4.80. The molecule has 1 N–H and O–H groups in total. The zero-order chi connectivity index (χ0) is 17.5. The highest BCUT2D eigenvalue weighted by molar-refractivity contribution is 9.10. The van der Waals surface area contributed by atoms with E-state index in [0.717, 1.165) is 22.0 Å². The van der Waals surface area contributed by atoms with Crippen LogP contribution in [0, 0.1) is 0 Å². The van der Waals surface area contributed by atoms with Gasteiger partial charge >= 0.3 is 0 Å². The van der Waals surface area contributed by atoms with Crippen LogP contribution >= 0.6 is 15.9 Å². The van der Waals surface area contributed by atoms with Crippen LogP contribution in [0.15, 0.2) is 89.4 Å². The van der Waals surface area contributed by atoms with Crippen LogP contribution in [0.4, 0.5) is 0 Å². The highest BCUT2D eigenvalue weighted by Crippen LogP contribution is 2.28. The SMILES string of the molecule is O=C(CCc1ccccc1)N[C@H](c1ccccc1)c1ccccc1Br. The van der Waals surface area contributed by atoms with Gasteiger partial charge in [0.1, 0.15) is 0 Å². The van der Waals surface area contributed by atoms with E-state index in [1.165, 1.54) is 5.56 Å². The zero-order valence-corrected chi connectivity index (χ0v) is 15.4. The lowest BCUT2D eigenvalue weighted by atomic mass is 9.98. The second-order valence-electron chi connectivity index (χ2n) is 5.92. The predicted octanol–water partition coefficient (Wildman–Crippen LogP) is 5.29. The molecule has 1 atom stereocenters. The standard InChI is InChI=1S/C22H20BrNO/c23-20-14-8-7-13-19(20)22(18-11-5-2-6-12-18)24-21(25)16-15-17-9-3-1-4-10-17/h1-14,22H,15-16H2,(H,24,25)/t22-/m1/s1. The monoisotopic (exact) mass is 393 g/mol. The first-order valence-corrected chi connectivity index (χ1v) is 9.16. The second-order valence-corrected chi connectivity index (χ2v) is 6.77. The summed E-state index contributed by atoms with van der Waals surface area (Å²) in [4.78, 5) is 12.6. The van der Waals surface area contributed by atoms with E-state index in [4.69, 9.17) is 0 Å². The number of carbonyl (C=O) groups is 1. The van der Waals surface area contributed by atoms with Crippen molar-refractivity contribution < 1.29 is 4.79 Å². The Kier molecular flexibility index (Phi) is 6.02. The summed E-state index contributed by atoms with van der Waals surface area (Å²) in [6.45, 7) is 0. The number of carbonyl (C=O) groups excluding carboxylic acids is 1. The van der Waals surface area contributed by atoms with Gasteiger partial charge in [-0.25, -0.2) is 0 Å². The molecule has 1 amide bonds. The quantitative estimate of drug-likeness (QED) is 0.605. The summed E-state index contributed by atoms with van der Waals surface area (Å²) in [5, 5.41) is 3.19. The van der Waals surface area contributed by atoms with Crippen LogP contribution < -0.4 is 5.32 Å². The maximum absolute atomic E-state index is 12.6. The van der Waals surface area contributed by atoms with Crippen molar-refractivity contribution in [2.75, 3.05) is 0 Å². The Morgan fingerprint density at radius 3 is 2.12 bits per heavy atom. The molecule has 3 aromatic rings. The van der Waals surface area contributed by atoms with Gasteiger partial charge in [0.2, 0.25) is 5.91 Å². The third-order valence-electron chi connectivity index (χ3n) is 4.14. The van der Waals surface area contributed by atoms with Crippen LogP contribution in [0.2, 0.25) is 0 Å². The van der Waals surface area contributed by atoms with E-state index < -0.39 is 0 Å². The minimum absolute atomic E-state index is 0.0495. The first-order chi connectivity index (χ1) is 12.2. The number of halogens is 1. The first-order valence-electron chi connectivity index (χ1n) is 8.36. The van der Waals surface area contributed by atoms with Gasteiger partial charge < -0.3 is 5.32 Å². The predicted molar refractivity (Wildman–Crippen MR) is 105 cm³/mol. The summed E-state index contributed by atoms with van der Waals surface area (Å²) in [6.07, 6.45) is 1.21. The smallest absolute Gasteiger partial charge is 0.221 e. The number of hydrogen-bond donors (Lipinski definition) is 1. The Labute approximate surface area is 157 Å². The molecule has 0 aromatic heterocycles. The molecule has 3 aromatic carbocycles. The average molecular weight is 394 g/mol. The van der Waals surface area contributed by atoms with Gasteiger partial charge in [-0.15, -0.1) is 0 Å². The van der Waals surface area contributed by atoms with Gasteiger partial charge in [0, 0.05) is 10.9 Å². The molecule has 0 heterocycles. The maximum Gasteiger partial charge on any atom is 0.221 e. The number of rotatable bonds is 6. The Morgan fingerprint density at radius 2 is 1.44 bits per heavy atom. The zero-order valence-electron chi connectivity index (χ0n) is 13.9. The Hall–Kier alpha value is -2.39. The van der Waals surface area contributed by atoms with Gasteiger partial charge in [0.05, 0.1) is 6.04 Å². The largest absolute Gasteiger partial charge is 0.345 e. The van der Waals surface area contributed by atoms with Crippen molar-refractivity contribution in [3.63, 3.8) is 0 Å². The van der Waals surface area contributed by atoms with Crippen molar-refractivity contribution in [1.82, 2.24) is 5.32 Å². The normalized spacial score (nSPS) is 11.7. The average Bonchev–Trinajstić information content (AvgIpc) is 2.67. The van der Waals surface area contributed by atoms with Crippen molar-refractivity contribution in [3.05, 3.63) is 106 Å². The van der Waals surface area contributed by atoms with Crippen molar-refractivity contribution in [2.24, 2.45) is 0 Å². The van der Waals surface area contributed by atoms with Crippen LogP contribution in [0.1, 0.15) is 29.2 Å². The summed E-state index contributed by atoms with van der Waals surface area (Å²) in [6, 6.07) is 28.0. The van der Waals surface area contributed by atoms with E-state index in [0.29, 0.717) is 6.42 Å². The number of benzene rings is 3. The van der Waals surface area contributed by atoms with Crippen LogP contribution in [0.25, 0.3) is 0 Å². The molecule has 0 aliphatic carbocycles. The van der Waals surface area contributed by atoms with E-state index >= 15 is 0 Å². The van der Waals surface area contributed by atoms with Crippen LogP contribution in [-0.4, -0.2) is 5.91 Å². The Morgan fingerprint density at radius 1 is 0.840 bits per heavy atom. The molecule has 0 fully saturated rings. The van der Waals surface area contributed by atoms with Gasteiger partial charge in [0.15, 0.2) is 0 Å². The van der Waals surface area contributed by atoms with Gasteiger partial charge in [-0.3, -0.25) is 4.79 Å². The van der Waals surface area contributed by atoms with Gasteiger partial charge in [0.25, 0.3) is 0 Å². The molecule has 0 radical (unpaired) electrons. The summed E-state index contributed by atoms with van der Waals surface area (Å²) < 4.78 is 0.993. The van der Waals surface area contributed by atoms with Crippen molar-refractivity contribution in [1.29, 1.82) is 0 Å². The maximum atomic E-state index is 12.6. The van der Waals surface area contributed by atoms with E-state index in [1.807, 2.05) is 72.8 Å². The third-order valence-corrected chi connectivity index (χ3v) is 4.86. The molecule has 3 rings (SSSR count). The fourth-order valence-corrected chi connectivity index (χ4v) is 3.34. The fourth-order valence-electron chi connectivity index (χ4n) is 2.83. The van der Waals surface area contributed by atoms with Gasteiger partial charge in [-0.2, -0.15) is 0 Å². The summed E-state index contributed by atoms with van der Waals surface area (Å²) in [7, 11) is 0. The molecular formula is C22H20BrNO. The lowest BCUT2D eigenvalue weighted by Crippen LogP contribution is -2.29. The fraction of sp³-hybridized carbons (Fsp3) is 0.136. The van der Waals surface area contributed by atoms with Crippen molar-refractivity contribution >= 4 is 21.8 Å². The Balaban J connectivity index is 1.76. The summed E-state index contributed by atoms with van der Waals surface area (Å²) in [5.41, 5.74) is 3.30. The van der Waals surface area contributed by atoms with Crippen LogP contribution in [0.5, 0.6) is 0 Å². The molecule has 0 saturated heterocycles. The van der Waals surface area contributed by atoms with E-state index in [2.05, 4.69) is 33.4 Å². The number of aryl methyl sites for hydroxylation is 1. The van der Waals surface area contributed by atoms with Gasteiger partial charge in [-0.05, 0) is 29.2 Å². The van der Waals surface area contributed by atoms with Gasteiger partial charge in [-0.1, -0.05) is 94.8 Å². The van der Waals surface area contributed by atoms with Crippen molar-refractivity contribution in [2.45, 2.75) is 18.9 Å². The molecule has 0 saturated carbocycles. The molecule has 0 bridgehead atoms.